The van der Waals surface area contributed by atoms with Crippen LogP contribution in [0.15, 0.2) is 18.3 Å². The fourth-order valence-corrected chi connectivity index (χ4v) is 3.01. The van der Waals surface area contributed by atoms with Gasteiger partial charge in [-0.2, -0.15) is 0 Å². The molecule has 4 nitrogen and oxygen atoms in total. The number of piperidine rings is 1. The zero-order chi connectivity index (χ0) is 15.2. The van der Waals surface area contributed by atoms with Gasteiger partial charge in [0, 0.05) is 30.9 Å². The van der Waals surface area contributed by atoms with Crippen LogP contribution in [-0.2, 0) is 0 Å². The van der Waals surface area contributed by atoms with Crippen LogP contribution in [0.25, 0.3) is 0 Å². The van der Waals surface area contributed by atoms with Crippen LogP contribution in [-0.4, -0.2) is 53.4 Å². The number of halogens is 1. The van der Waals surface area contributed by atoms with E-state index in [0.29, 0.717) is 16.6 Å². The Hall–Kier alpha value is -1.13. The van der Waals surface area contributed by atoms with E-state index >= 15 is 0 Å². The van der Waals surface area contributed by atoms with Crippen LogP contribution in [0.1, 0.15) is 37.2 Å². The number of amides is 1. The van der Waals surface area contributed by atoms with Crippen molar-refractivity contribution in [2.45, 2.75) is 26.7 Å². The number of nitrogens with zero attached hydrogens (tertiary/aromatic N) is 3. The molecule has 1 aromatic rings. The number of hydrogen-bond acceptors (Lipinski definition) is 3. The third-order valence-corrected chi connectivity index (χ3v) is 4.49. The molecule has 21 heavy (non-hydrogen) atoms. The highest BCUT2D eigenvalue weighted by molar-refractivity contribution is 6.30. The molecule has 0 saturated carbocycles. The van der Waals surface area contributed by atoms with E-state index in [1.165, 1.54) is 0 Å². The summed E-state index contributed by atoms with van der Waals surface area (Å²) in [5, 5.41) is 0.560. The average molecular weight is 310 g/mol. The zero-order valence-corrected chi connectivity index (χ0v) is 13.6. The van der Waals surface area contributed by atoms with Crippen LogP contribution in [0.4, 0.5) is 0 Å². The van der Waals surface area contributed by atoms with Crippen LogP contribution in [0, 0.1) is 5.92 Å². The monoisotopic (exact) mass is 309 g/mol. The van der Waals surface area contributed by atoms with Crippen molar-refractivity contribution in [2.75, 3.05) is 32.7 Å². The number of aromatic nitrogens is 1. The van der Waals surface area contributed by atoms with Gasteiger partial charge in [0.1, 0.15) is 5.69 Å². The Morgan fingerprint density at radius 3 is 2.62 bits per heavy atom. The summed E-state index contributed by atoms with van der Waals surface area (Å²) in [5.41, 5.74) is 0.449. The van der Waals surface area contributed by atoms with Gasteiger partial charge in [-0.1, -0.05) is 25.4 Å². The van der Waals surface area contributed by atoms with Gasteiger partial charge in [0.25, 0.3) is 5.91 Å². The summed E-state index contributed by atoms with van der Waals surface area (Å²) in [6.45, 7) is 9.38. The van der Waals surface area contributed by atoms with Gasteiger partial charge >= 0.3 is 0 Å². The standard InChI is InChI=1S/C16H24ClN3O/c1-3-19(4-2)12-13-6-9-20(10-7-13)16(21)15-11-14(17)5-8-18-15/h5,8,11,13H,3-4,6-7,9-10,12H2,1-2H3. The number of carbonyl (C=O) groups is 1. The summed E-state index contributed by atoms with van der Waals surface area (Å²) in [7, 11) is 0. The van der Waals surface area contributed by atoms with Gasteiger partial charge in [0.2, 0.25) is 0 Å². The predicted molar refractivity (Wildman–Crippen MR) is 85.7 cm³/mol. The summed E-state index contributed by atoms with van der Waals surface area (Å²) in [5.74, 6) is 0.694. The molecule has 0 aliphatic carbocycles. The maximum atomic E-state index is 12.4. The van der Waals surface area contributed by atoms with Gasteiger partial charge in [-0.25, -0.2) is 0 Å². The van der Waals surface area contributed by atoms with E-state index in [-0.39, 0.29) is 5.91 Å². The molecule has 0 unspecified atom stereocenters. The second-order valence-electron chi connectivity index (χ2n) is 5.58. The summed E-state index contributed by atoms with van der Waals surface area (Å²) < 4.78 is 0. The van der Waals surface area contributed by atoms with Crippen LogP contribution < -0.4 is 0 Å². The van der Waals surface area contributed by atoms with E-state index < -0.39 is 0 Å². The lowest BCUT2D eigenvalue weighted by atomic mass is 9.96. The molecule has 1 aliphatic heterocycles. The lowest BCUT2D eigenvalue weighted by Gasteiger charge is -2.34. The largest absolute Gasteiger partial charge is 0.337 e. The second kappa shape index (κ2) is 7.76. The van der Waals surface area contributed by atoms with Crippen molar-refractivity contribution in [3.05, 3.63) is 29.0 Å². The summed E-state index contributed by atoms with van der Waals surface area (Å²) in [4.78, 5) is 20.9. The van der Waals surface area contributed by atoms with Gasteiger partial charge in [-0.05, 0) is 44.0 Å². The van der Waals surface area contributed by atoms with Gasteiger partial charge in [0.05, 0.1) is 0 Å². The molecule has 2 rings (SSSR count). The van der Waals surface area contributed by atoms with E-state index in [9.17, 15) is 4.79 Å². The van der Waals surface area contributed by atoms with Crippen molar-refractivity contribution in [1.82, 2.24) is 14.8 Å². The fraction of sp³-hybridized carbons (Fsp3) is 0.625. The molecule has 1 fully saturated rings. The molecular weight excluding hydrogens is 286 g/mol. The van der Waals surface area contributed by atoms with Crippen molar-refractivity contribution >= 4 is 17.5 Å². The molecule has 1 amide bonds. The van der Waals surface area contributed by atoms with Gasteiger partial charge in [0.15, 0.2) is 0 Å². The fourth-order valence-electron chi connectivity index (χ4n) is 2.85. The smallest absolute Gasteiger partial charge is 0.272 e. The first-order valence-electron chi connectivity index (χ1n) is 7.77. The summed E-state index contributed by atoms with van der Waals surface area (Å²) in [6.07, 6.45) is 3.73. The molecule has 0 bridgehead atoms. The highest BCUT2D eigenvalue weighted by Gasteiger charge is 2.25. The van der Waals surface area contributed by atoms with E-state index in [1.807, 2.05) is 4.90 Å². The Morgan fingerprint density at radius 2 is 2.05 bits per heavy atom. The third-order valence-electron chi connectivity index (χ3n) is 4.25. The number of hydrogen-bond donors (Lipinski definition) is 0. The molecular formula is C16H24ClN3O. The van der Waals surface area contributed by atoms with Crippen LogP contribution in [0.2, 0.25) is 5.02 Å². The van der Waals surface area contributed by atoms with Gasteiger partial charge in [-0.15, -0.1) is 0 Å². The Morgan fingerprint density at radius 1 is 1.38 bits per heavy atom. The van der Waals surface area contributed by atoms with Crippen LogP contribution in [0.3, 0.4) is 0 Å². The topological polar surface area (TPSA) is 36.4 Å². The Labute approximate surface area is 132 Å². The molecule has 0 N–H and O–H groups in total. The maximum Gasteiger partial charge on any atom is 0.272 e. The molecule has 0 aromatic carbocycles. The molecule has 2 heterocycles. The molecule has 116 valence electrons. The Kier molecular flexibility index (Phi) is 6.00. The van der Waals surface area contributed by atoms with Crippen molar-refractivity contribution < 1.29 is 4.79 Å². The minimum Gasteiger partial charge on any atom is -0.337 e. The van der Waals surface area contributed by atoms with E-state index in [0.717, 1.165) is 45.6 Å². The second-order valence-corrected chi connectivity index (χ2v) is 6.02. The maximum absolute atomic E-state index is 12.4. The first-order valence-corrected chi connectivity index (χ1v) is 8.15. The van der Waals surface area contributed by atoms with Crippen LogP contribution in [0.5, 0.6) is 0 Å². The molecule has 1 saturated heterocycles. The van der Waals surface area contributed by atoms with Crippen molar-refractivity contribution in [2.24, 2.45) is 5.92 Å². The Balaban J connectivity index is 1.87. The third kappa shape index (κ3) is 4.42. The van der Waals surface area contributed by atoms with E-state index in [4.69, 9.17) is 11.6 Å². The van der Waals surface area contributed by atoms with E-state index in [1.54, 1.807) is 18.3 Å². The van der Waals surface area contributed by atoms with Crippen molar-refractivity contribution in [3.63, 3.8) is 0 Å². The molecule has 1 aromatic heterocycles. The average Bonchev–Trinajstić information content (AvgIpc) is 2.52. The lowest BCUT2D eigenvalue weighted by molar-refractivity contribution is 0.0664. The number of carbonyl (C=O) groups excluding carboxylic acids is 1. The van der Waals surface area contributed by atoms with Crippen molar-refractivity contribution in [3.8, 4) is 0 Å². The number of pyridine rings is 1. The molecule has 0 radical (unpaired) electrons. The van der Waals surface area contributed by atoms with Gasteiger partial charge in [-0.3, -0.25) is 9.78 Å². The summed E-state index contributed by atoms with van der Waals surface area (Å²) >= 11 is 5.92. The highest BCUT2D eigenvalue weighted by atomic mass is 35.5. The number of rotatable bonds is 5. The highest BCUT2D eigenvalue weighted by Crippen LogP contribution is 2.20. The zero-order valence-electron chi connectivity index (χ0n) is 12.9. The molecule has 0 spiro atoms. The molecule has 5 heteroatoms. The van der Waals surface area contributed by atoms with Crippen molar-refractivity contribution in [1.29, 1.82) is 0 Å². The predicted octanol–water partition coefficient (Wildman–Crippen LogP) is 2.93. The quantitative estimate of drug-likeness (QED) is 0.839. The molecule has 1 aliphatic rings. The SMILES string of the molecule is CCN(CC)CC1CCN(C(=O)c2cc(Cl)ccn2)CC1. The minimum absolute atomic E-state index is 0.00112. The summed E-state index contributed by atoms with van der Waals surface area (Å²) in [6, 6.07) is 3.33. The van der Waals surface area contributed by atoms with Gasteiger partial charge < -0.3 is 9.80 Å². The Bertz CT molecular complexity index is 468. The molecule has 0 atom stereocenters. The van der Waals surface area contributed by atoms with E-state index in [2.05, 4.69) is 23.7 Å². The first-order chi connectivity index (χ1) is 10.1. The first kappa shape index (κ1) is 16.2. The lowest BCUT2D eigenvalue weighted by Crippen LogP contribution is -2.41. The normalized spacial score (nSPS) is 16.5. The number of likely N-dealkylation sites (tertiary alicyclic amines) is 1. The van der Waals surface area contributed by atoms with Crippen LogP contribution >= 0.6 is 11.6 Å². The minimum atomic E-state index is -0.00112.